The number of halogens is 1. The van der Waals surface area contributed by atoms with Gasteiger partial charge in [0.2, 0.25) is 0 Å². The summed E-state index contributed by atoms with van der Waals surface area (Å²) in [6.07, 6.45) is 0. The molecule has 0 aliphatic rings. The normalized spacial score (nSPS) is 10.5. The largest absolute Gasteiger partial charge is 0.344 e. The van der Waals surface area contributed by atoms with Crippen molar-refractivity contribution in [1.29, 1.82) is 0 Å². The van der Waals surface area contributed by atoms with Gasteiger partial charge in [0.15, 0.2) is 0 Å². The molecule has 24 heavy (non-hydrogen) atoms. The van der Waals surface area contributed by atoms with Gasteiger partial charge in [-0.25, -0.2) is 0 Å². The molecule has 2 aromatic rings. The van der Waals surface area contributed by atoms with E-state index >= 15 is 0 Å². The molecule has 0 saturated carbocycles. The molecular weight excluding hydrogens is 324 g/mol. The Balaban J connectivity index is 1.81. The maximum atomic E-state index is 11.8. The molecule has 126 valence electrons. The predicted octanol–water partition coefficient (Wildman–Crippen LogP) is 3.40. The average Bonchev–Trinajstić information content (AvgIpc) is 2.59. The molecular formula is C19H21ClN2O2. The highest BCUT2D eigenvalue weighted by Crippen LogP contribution is 2.15. The number of hydrogen-bond acceptors (Lipinski definition) is 2. The zero-order valence-corrected chi connectivity index (χ0v) is 14.6. The second-order valence-electron chi connectivity index (χ2n) is 5.85. The molecule has 0 radical (unpaired) electrons. The van der Waals surface area contributed by atoms with E-state index in [9.17, 15) is 9.59 Å². The fourth-order valence-corrected chi connectivity index (χ4v) is 2.38. The lowest BCUT2D eigenvalue weighted by molar-refractivity contribution is -0.139. The van der Waals surface area contributed by atoms with Crippen molar-refractivity contribution < 1.29 is 9.59 Å². The van der Waals surface area contributed by atoms with E-state index in [1.807, 2.05) is 36.4 Å². The van der Waals surface area contributed by atoms with Crippen molar-refractivity contribution in [2.24, 2.45) is 0 Å². The molecule has 0 spiro atoms. The van der Waals surface area contributed by atoms with Gasteiger partial charge in [-0.2, -0.15) is 0 Å². The zero-order valence-electron chi connectivity index (χ0n) is 13.8. The van der Waals surface area contributed by atoms with Crippen LogP contribution in [0, 0.1) is 0 Å². The summed E-state index contributed by atoms with van der Waals surface area (Å²) in [6, 6.07) is 15.2. The first kappa shape index (κ1) is 18.0. The number of hydrogen-bond donors (Lipinski definition) is 2. The van der Waals surface area contributed by atoms with Crippen LogP contribution in [0.2, 0.25) is 5.02 Å². The van der Waals surface area contributed by atoms with Crippen molar-refractivity contribution >= 4 is 23.4 Å². The summed E-state index contributed by atoms with van der Waals surface area (Å²) in [5.74, 6) is -0.868. The molecule has 5 heteroatoms. The van der Waals surface area contributed by atoms with Gasteiger partial charge in [0.05, 0.1) is 0 Å². The average molecular weight is 345 g/mol. The molecule has 2 amide bonds. The number of carbonyl (C=O) groups is 2. The van der Waals surface area contributed by atoms with Crippen LogP contribution in [-0.4, -0.2) is 11.8 Å². The summed E-state index contributed by atoms with van der Waals surface area (Å²) in [5, 5.41) is 5.74. The van der Waals surface area contributed by atoms with Gasteiger partial charge in [0.25, 0.3) is 0 Å². The van der Waals surface area contributed by atoms with Crippen molar-refractivity contribution in [3.05, 3.63) is 70.2 Å². The Morgan fingerprint density at radius 3 is 2.08 bits per heavy atom. The van der Waals surface area contributed by atoms with Crippen LogP contribution in [0.1, 0.15) is 36.5 Å². The van der Waals surface area contributed by atoms with E-state index in [0.717, 1.165) is 11.1 Å². The van der Waals surface area contributed by atoms with Crippen molar-refractivity contribution in [3.8, 4) is 0 Å². The molecule has 0 aliphatic carbocycles. The quantitative estimate of drug-likeness (QED) is 0.817. The Morgan fingerprint density at radius 2 is 1.50 bits per heavy atom. The zero-order chi connectivity index (χ0) is 17.5. The molecule has 0 aromatic heterocycles. The Bertz CT molecular complexity index is 712. The second kappa shape index (κ2) is 8.50. The summed E-state index contributed by atoms with van der Waals surface area (Å²) < 4.78 is 0. The Hall–Kier alpha value is -2.33. The third-order valence-corrected chi connectivity index (χ3v) is 4.07. The molecule has 0 atom stereocenters. The highest BCUT2D eigenvalue weighted by molar-refractivity contribution is 6.35. The summed E-state index contributed by atoms with van der Waals surface area (Å²) >= 11 is 6.01. The standard InChI is InChI=1S/C19H21ClN2O2/c1-13(2)15-9-7-14(8-10-15)11-21-18(23)19(24)22-12-16-5-3-4-6-17(16)20/h3-10,13H,11-12H2,1-2H3,(H,21,23)(H,22,24). The molecule has 2 N–H and O–H groups in total. The number of carbonyl (C=O) groups excluding carboxylic acids is 2. The SMILES string of the molecule is CC(C)c1ccc(CNC(=O)C(=O)NCc2ccccc2Cl)cc1. The van der Waals surface area contributed by atoms with E-state index in [0.29, 0.717) is 17.5 Å². The molecule has 2 rings (SSSR count). The molecule has 0 aliphatic heterocycles. The van der Waals surface area contributed by atoms with Gasteiger partial charge in [0, 0.05) is 18.1 Å². The summed E-state index contributed by atoms with van der Waals surface area (Å²) in [4.78, 5) is 23.7. The van der Waals surface area contributed by atoms with Gasteiger partial charge >= 0.3 is 11.8 Å². The first-order valence-corrected chi connectivity index (χ1v) is 8.23. The minimum atomic E-state index is -0.672. The van der Waals surface area contributed by atoms with Gasteiger partial charge in [-0.1, -0.05) is 67.9 Å². The fraction of sp³-hybridized carbons (Fsp3) is 0.263. The van der Waals surface area contributed by atoms with Crippen LogP contribution in [0.4, 0.5) is 0 Å². The Morgan fingerprint density at radius 1 is 0.917 bits per heavy atom. The van der Waals surface area contributed by atoms with E-state index < -0.39 is 11.8 Å². The molecule has 4 nitrogen and oxygen atoms in total. The van der Waals surface area contributed by atoms with E-state index in [-0.39, 0.29) is 6.54 Å². The van der Waals surface area contributed by atoms with E-state index in [1.165, 1.54) is 5.56 Å². The lowest BCUT2D eigenvalue weighted by atomic mass is 10.0. The summed E-state index contributed by atoms with van der Waals surface area (Å²) in [6.45, 7) is 4.78. The van der Waals surface area contributed by atoms with Crippen LogP contribution in [-0.2, 0) is 22.7 Å². The fourth-order valence-electron chi connectivity index (χ4n) is 2.18. The minimum Gasteiger partial charge on any atom is -0.344 e. The van der Waals surface area contributed by atoms with Gasteiger partial charge in [-0.3, -0.25) is 9.59 Å². The van der Waals surface area contributed by atoms with Crippen LogP contribution >= 0.6 is 11.6 Å². The molecule has 0 saturated heterocycles. The topological polar surface area (TPSA) is 58.2 Å². The van der Waals surface area contributed by atoms with Gasteiger partial charge in [0.1, 0.15) is 0 Å². The van der Waals surface area contributed by atoms with Crippen molar-refractivity contribution in [2.45, 2.75) is 32.9 Å². The smallest absolute Gasteiger partial charge is 0.309 e. The molecule has 0 heterocycles. The van der Waals surface area contributed by atoms with Gasteiger partial charge in [-0.05, 0) is 28.7 Å². The molecule has 0 bridgehead atoms. The van der Waals surface area contributed by atoms with E-state index in [1.54, 1.807) is 12.1 Å². The van der Waals surface area contributed by atoms with E-state index in [4.69, 9.17) is 11.6 Å². The lowest BCUT2D eigenvalue weighted by Gasteiger charge is -2.09. The number of nitrogens with one attached hydrogen (secondary N) is 2. The third kappa shape index (κ3) is 5.10. The van der Waals surface area contributed by atoms with Gasteiger partial charge < -0.3 is 10.6 Å². The first-order valence-electron chi connectivity index (χ1n) is 7.85. The maximum Gasteiger partial charge on any atom is 0.309 e. The van der Waals surface area contributed by atoms with Crippen LogP contribution in [0.3, 0.4) is 0 Å². The van der Waals surface area contributed by atoms with Crippen LogP contribution in [0.15, 0.2) is 48.5 Å². The second-order valence-corrected chi connectivity index (χ2v) is 6.26. The highest BCUT2D eigenvalue weighted by atomic mass is 35.5. The monoisotopic (exact) mass is 344 g/mol. The molecule has 0 unspecified atom stereocenters. The summed E-state index contributed by atoms with van der Waals surface area (Å²) in [7, 11) is 0. The summed E-state index contributed by atoms with van der Waals surface area (Å²) in [5.41, 5.74) is 2.96. The third-order valence-electron chi connectivity index (χ3n) is 3.70. The van der Waals surface area contributed by atoms with Crippen molar-refractivity contribution in [2.75, 3.05) is 0 Å². The Kier molecular flexibility index (Phi) is 6.38. The number of amides is 2. The Labute approximate surface area is 147 Å². The number of benzene rings is 2. The lowest BCUT2D eigenvalue weighted by Crippen LogP contribution is -2.39. The maximum absolute atomic E-state index is 11.8. The minimum absolute atomic E-state index is 0.217. The van der Waals surface area contributed by atoms with E-state index in [2.05, 4.69) is 24.5 Å². The van der Waals surface area contributed by atoms with Crippen LogP contribution in [0.5, 0.6) is 0 Å². The van der Waals surface area contributed by atoms with Crippen LogP contribution in [0.25, 0.3) is 0 Å². The van der Waals surface area contributed by atoms with Gasteiger partial charge in [-0.15, -0.1) is 0 Å². The first-order chi connectivity index (χ1) is 11.5. The molecule has 0 fully saturated rings. The van der Waals surface area contributed by atoms with Crippen LogP contribution < -0.4 is 10.6 Å². The van der Waals surface area contributed by atoms with Crippen molar-refractivity contribution in [1.82, 2.24) is 10.6 Å². The molecule has 2 aromatic carbocycles. The van der Waals surface area contributed by atoms with Crippen molar-refractivity contribution in [3.63, 3.8) is 0 Å². The predicted molar refractivity (Wildman–Crippen MR) is 95.7 cm³/mol. The highest BCUT2D eigenvalue weighted by Gasteiger charge is 2.13. The number of rotatable bonds is 5.